The molecule has 0 radical (unpaired) electrons. The molecule has 3 heteroatoms. The molecule has 0 aliphatic rings. The van der Waals surface area contributed by atoms with Crippen LogP contribution in [0.25, 0.3) is 10.8 Å². The van der Waals surface area contributed by atoms with Crippen molar-refractivity contribution >= 4 is 10.8 Å². The molecule has 0 saturated carbocycles. The summed E-state index contributed by atoms with van der Waals surface area (Å²) in [6, 6.07) is 16.7. The van der Waals surface area contributed by atoms with Gasteiger partial charge in [0, 0.05) is 18.0 Å². The smallest absolute Gasteiger partial charge is 0.128 e. The van der Waals surface area contributed by atoms with Crippen LogP contribution in [-0.4, -0.2) is 12.1 Å². The van der Waals surface area contributed by atoms with Gasteiger partial charge in [-0.25, -0.2) is 0 Å². The zero-order valence-corrected chi connectivity index (χ0v) is 12.1. The molecule has 2 N–H and O–H groups in total. The summed E-state index contributed by atoms with van der Waals surface area (Å²) in [7, 11) is 1.73. The van der Waals surface area contributed by atoms with E-state index >= 15 is 0 Å². The van der Waals surface area contributed by atoms with E-state index in [9.17, 15) is 0 Å². The Morgan fingerprint density at radius 2 is 1.90 bits per heavy atom. The van der Waals surface area contributed by atoms with Crippen LogP contribution in [0.2, 0.25) is 0 Å². The van der Waals surface area contributed by atoms with Gasteiger partial charge in [0.05, 0.1) is 12.7 Å². The Kier molecular flexibility index (Phi) is 4.12. The van der Waals surface area contributed by atoms with Gasteiger partial charge < -0.3 is 10.1 Å². The summed E-state index contributed by atoms with van der Waals surface area (Å²) in [5, 5.41) is 4.80. The Morgan fingerprint density at radius 3 is 2.71 bits per heavy atom. The number of aromatic nitrogens is 1. The quantitative estimate of drug-likeness (QED) is 0.779. The molecule has 2 aromatic carbocycles. The lowest BCUT2D eigenvalue weighted by Gasteiger charge is -2.11. The van der Waals surface area contributed by atoms with Crippen LogP contribution in [0.15, 0.2) is 60.9 Å². The van der Waals surface area contributed by atoms with Gasteiger partial charge in [0.2, 0.25) is 0 Å². The fraction of sp³-hybridized carbons (Fsp3) is 0.167. The van der Waals surface area contributed by atoms with Crippen molar-refractivity contribution in [1.29, 1.82) is 0 Å². The highest BCUT2D eigenvalue weighted by Crippen LogP contribution is 2.27. The van der Waals surface area contributed by atoms with Crippen molar-refractivity contribution in [1.82, 2.24) is 4.98 Å². The van der Waals surface area contributed by atoms with Crippen molar-refractivity contribution in [3.05, 3.63) is 72.1 Å². The minimum Gasteiger partial charge on any atom is -0.496 e. The topological polar surface area (TPSA) is 38.7 Å². The third kappa shape index (κ3) is 3.03. The van der Waals surface area contributed by atoms with Gasteiger partial charge in [-0.05, 0) is 22.9 Å². The second-order valence-corrected chi connectivity index (χ2v) is 5.03. The number of hydrogen-bond acceptors (Lipinski definition) is 2. The van der Waals surface area contributed by atoms with Crippen LogP contribution in [0.3, 0.4) is 0 Å². The number of hydrogen-bond donors (Lipinski definition) is 1. The molecule has 0 spiro atoms. The van der Waals surface area contributed by atoms with E-state index < -0.39 is 0 Å². The van der Waals surface area contributed by atoms with Gasteiger partial charge in [-0.1, -0.05) is 36.4 Å². The van der Waals surface area contributed by atoms with Crippen LogP contribution < -0.4 is 10.1 Å². The highest BCUT2D eigenvalue weighted by molar-refractivity contribution is 5.87. The van der Waals surface area contributed by atoms with E-state index in [-0.39, 0.29) is 0 Å². The molecular formula is C18H19N2O+. The molecule has 3 aromatic rings. The Labute approximate surface area is 124 Å². The molecule has 0 saturated heterocycles. The number of rotatable bonds is 5. The molecule has 106 valence electrons. The molecule has 1 heterocycles. The molecule has 0 fully saturated rings. The summed E-state index contributed by atoms with van der Waals surface area (Å²) in [6.45, 7) is 1.81. The second-order valence-electron chi connectivity index (χ2n) is 5.03. The lowest BCUT2D eigenvalue weighted by atomic mass is 10.0. The van der Waals surface area contributed by atoms with Crippen LogP contribution in [0.1, 0.15) is 11.1 Å². The van der Waals surface area contributed by atoms with Crippen LogP contribution in [0.4, 0.5) is 0 Å². The highest BCUT2D eigenvalue weighted by atomic mass is 16.5. The molecule has 0 aliphatic carbocycles. The van der Waals surface area contributed by atoms with Crippen molar-refractivity contribution in [3.8, 4) is 5.75 Å². The maximum Gasteiger partial charge on any atom is 0.128 e. The molecular weight excluding hydrogens is 260 g/mol. The van der Waals surface area contributed by atoms with Crippen LogP contribution in [0, 0.1) is 0 Å². The molecule has 21 heavy (non-hydrogen) atoms. The number of quaternary nitrogens is 1. The first-order valence-electron chi connectivity index (χ1n) is 7.13. The van der Waals surface area contributed by atoms with Gasteiger partial charge in [0.25, 0.3) is 0 Å². The second kappa shape index (κ2) is 6.37. The van der Waals surface area contributed by atoms with Gasteiger partial charge >= 0.3 is 0 Å². The lowest BCUT2D eigenvalue weighted by molar-refractivity contribution is -0.686. The Bertz CT molecular complexity index is 726. The van der Waals surface area contributed by atoms with Crippen molar-refractivity contribution in [2.45, 2.75) is 13.1 Å². The van der Waals surface area contributed by atoms with E-state index in [2.05, 4.69) is 52.8 Å². The maximum absolute atomic E-state index is 5.52. The predicted molar refractivity (Wildman–Crippen MR) is 84.1 cm³/mol. The first-order chi connectivity index (χ1) is 10.4. The normalized spacial score (nSPS) is 10.7. The molecule has 0 bridgehead atoms. The van der Waals surface area contributed by atoms with Gasteiger partial charge in [-0.15, -0.1) is 0 Å². The van der Waals surface area contributed by atoms with Gasteiger partial charge in [0.1, 0.15) is 18.8 Å². The minimum atomic E-state index is 0.888. The first kappa shape index (κ1) is 13.6. The summed E-state index contributed by atoms with van der Waals surface area (Å²) in [5.41, 5.74) is 2.48. The number of pyridine rings is 1. The monoisotopic (exact) mass is 279 g/mol. The Hall–Kier alpha value is -2.39. The molecule has 3 rings (SSSR count). The van der Waals surface area contributed by atoms with Crippen LogP contribution in [0.5, 0.6) is 5.75 Å². The van der Waals surface area contributed by atoms with Gasteiger partial charge in [-0.2, -0.15) is 0 Å². The fourth-order valence-electron chi connectivity index (χ4n) is 2.62. The van der Waals surface area contributed by atoms with Gasteiger partial charge in [-0.3, -0.25) is 4.98 Å². The molecule has 0 aliphatic heterocycles. The Morgan fingerprint density at radius 1 is 1.00 bits per heavy atom. The van der Waals surface area contributed by atoms with Gasteiger partial charge in [0.15, 0.2) is 0 Å². The largest absolute Gasteiger partial charge is 0.496 e. The molecule has 3 nitrogen and oxygen atoms in total. The summed E-state index contributed by atoms with van der Waals surface area (Å²) in [5.74, 6) is 0.955. The van der Waals surface area contributed by atoms with E-state index in [1.807, 2.05) is 12.3 Å². The maximum atomic E-state index is 5.52. The van der Waals surface area contributed by atoms with E-state index in [1.165, 1.54) is 21.9 Å². The number of fused-ring (bicyclic) bond motifs is 1. The number of methoxy groups -OCH3 is 1. The zero-order chi connectivity index (χ0) is 14.5. The third-order valence-corrected chi connectivity index (χ3v) is 3.67. The number of benzene rings is 2. The molecule has 1 aromatic heterocycles. The van der Waals surface area contributed by atoms with E-state index in [4.69, 9.17) is 4.74 Å². The number of nitrogens with zero attached hydrogens (tertiary/aromatic N) is 1. The van der Waals surface area contributed by atoms with Crippen LogP contribution >= 0.6 is 0 Å². The minimum absolute atomic E-state index is 0.888. The highest BCUT2D eigenvalue weighted by Gasteiger charge is 2.09. The Balaban J connectivity index is 1.82. The molecule has 0 amide bonds. The van der Waals surface area contributed by atoms with E-state index in [0.29, 0.717) is 0 Å². The summed E-state index contributed by atoms with van der Waals surface area (Å²) in [4.78, 5) is 4.15. The van der Waals surface area contributed by atoms with Crippen LogP contribution in [-0.2, 0) is 13.1 Å². The van der Waals surface area contributed by atoms with E-state index in [0.717, 1.165) is 18.8 Å². The fourth-order valence-corrected chi connectivity index (χ4v) is 2.62. The standard InChI is InChI=1S/C18H18N2O/c1-21-18-9-8-15-6-2-3-7-16(15)17(18)13-20-12-14-5-4-10-19-11-14/h2-11,20H,12-13H2,1H3/p+1. The molecule has 0 atom stereocenters. The predicted octanol–water partition coefficient (Wildman–Crippen LogP) is 2.51. The number of nitrogens with two attached hydrogens (primary N) is 1. The third-order valence-electron chi connectivity index (χ3n) is 3.67. The van der Waals surface area contributed by atoms with Crippen molar-refractivity contribution in [3.63, 3.8) is 0 Å². The van der Waals surface area contributed by atoms with Crippen molar-refractivity contribution in [2.24, 2.45) is 0 Å². The zero-order valence-electron chi connectivity index (χ0n) is 12.1. The average Bonchev–Trinajstić information content (AvgIpc) is 2.56. The first-order valence-corrected chi connectivity index (χ1v) is 7.13. The SMILES string of the molecule is COc1ccc2ccccc2c1C[NH2+]Cc1cccnc1. The lowest BCUT2D eigenvalue weighted by Crippen LogP contribution is -2.80. The average molecular weight is 279 g/mol. The summed E-state index contributed by atoms with van der Waals surface area (Å²) in [6.07, 6.45) is 3.72. The van der Waals surface area contributed by atoms with Crippen molar-refractivity contribution < 1.29 is 10.1 Å². The van der Waals surface area contributed by atoms with E-state index in [1.54, 1.807) is 13.3 Å². The molecule has 0 unspecified atom stereocenters. The summed E-state index contributed by atoms with van der Waals surface area (Å²) < 4.78 is 5.52. The van der Waals surface area contributed by atoms with Crippen molar-refractivity contribution in [2.75, 3.05) is 7.11 Å². The number of ether oxygens (including phenoxy) is 1. The summed E-state index contributed by atoms with van der Waals surface area (Å²) >= 11 is 0.